The molecule has 0 spiro atoms. The van der Waals surface area contributed by atoms with Gasteiger partial charge in [0.25, 0.3) is 5.91 Å². The highest BCUT2D eigenvalue weighted by atomic mass is 19.1. The van der Waals surface area contributed by atoms with Crippen LogP contribution < -0.4 is 10.2 Å². The van der Waals surface area contributed by atoms with Crippen molar-refractivity contribution in [3.63, 3.8) is 0 Å². The van der Waals surface area contributed by atoms with E-state index in [1.807, 2.05) is 18.2 Å². The van der Waals surface area contributed by atoms with Crippen molar-refractivity contribution in [2.45, 2.75) is 13.0 Å². The number of anilines is 1. The fourth-order valence-electron chi connectivity index (χ4n) is 4.52. The van der Waals surface area contributed by atoms with Gasteiger partial charge in [-0.25, -0.2) is 13.2 Å². The van der Waals surface area contributed by atoms with E-state index >= 15 is 0 Å². The maximum absolute atomic E-state index is 14.9. The fraction of sp³-hybridized carbons (Fsp3) is 0.259. The summed E-state index contributed by atoms with van der Waals surface area (Å²) in [6.07, 6.45) is 0.325. The number of fused-ring (bicyclic) bond motifs is 1. The zero-order valence-electron chi connectivity index (χ0n) is 19.3. The number of amidine groups is 1. The lowest BCUT2D eigenvalue weighted by molar-refractivity contribution is 0.0973. The molecule has 180 valence electrons. The maximum atomic E-state index is 14.9. The van der Waals surface area contributed by atoms with Crippen LogP contribution in [0, 0.1) is 17.5 Å². The summed E-state index contributed by atoms with van der Waals surface area (Å²) in [5, 5.41) is 2.74. The monoisotopic (exact) mass is 478 g/mol. The number of carbonyl (C=O) groups is 1. The average Bonchev–Trinajstić information content (AvgIpc) is 3.20. The second-order valence-corrected chi connectivity index (χ2v) is 9.02. The largest absolute Gasteiger partial charge is 0.369 e. The summed E-state index contributed by atoms with van der Waals surface area (Å²) in [5.41, 5.74) is 3.67. The lowest BCUT2D eigenvalue weighted by atomic mass is 9.99. The highest BCUT2D eigenvalue weighted by Gasteiger charge is 2.22. The lowest BCUT2D eigenvalue weighted by Crippen LogP contribution is -2.44. The van der Waals surface area contributed by atoms with E-state index in [4.69, 9.17) is 0 Å². The number of aliphatic imine (C=N–C) groups is 1. The van der Waals surface area contributed by atoms with Crippen LogP contribution in [0.5, 0.6) is 0 Å². The van der Waals surface area contributed by atoms with Gasteiger partial charge in [0.15, 0.2) is 0 Å². The molecule has 0 unspecified atom stereocenters. The molecule has 1 saturated heterocycles. The predicted octanol–water partition coefficient (Wildman–Crippen LogP) is 4.14. The highest BCUT2D eigenvalue weighted by molar-refractivity contribution is 6.14. The first-order chi connectivity index (χ1) is 16.9. The first kappa shape index (κ1) is 23.1. The van der Waals surface area contributed by atoms with Gasteiger partial charge < -0.3 is 15.1 Å². The molecule has 5 nitrogen and oxygen atoms in total. The Balaban J connectivity index is 1.30. The smallest absolute Gasteiger partial charge is 0.259 e. The minimum absolute atomic E-state index is 0.0505. The van der Waals surface area contributed by atoms with Crippen LogP contribution in [-0.4, -0.2) is 49.9 Å². The van der Waals surface area contributed by atoms with Crippen LogP contribution in [0.2, 0.25) is 0 Å². The van der Waals surface area contributed by atoms with Crippen LogP contribution in [0.3, 0.4) is 0 Å². The summed E-state index contributed by atoms with van der Waals surface area (Å²) in [6, 6.07) is 13.7. The first-order valence-corrected chi connectivity index (χ1v) is 11.5. The number of nitrogens with zero attached hydrogens (tertiary/aromatic N) is 3. The molecule has 5 rings (SSSR count). The molecule has 3 aromatic rings. The second kappa shape index (κ2) is 9.54. The van der Waals surface area contributed by atoms with Gasteiger partial charge in [0.2, 0.25) is 0 Å². The zero-order chi connectivity index (χ0) is 24.5. The maximum Gasteiger partial charge on any atom is 0.259 e. The number of halogens is 3. The highest BCUT2D eigenvalue weighted by Crippen LogP contribution is 2.24. The molecule has 0 bridgehead atoms. The van der Waals surface area contributed by atoms with E-state index in [1.165, 1.54) is 24.3 Å². The molecule has 0 aromatic heterocycles. The van der Waals surface area contributed by atoms with Gasteiger partial charge in [0.05, 0.1) is 12.1 Å². The van der Waals surface area contributed by atoms with E-state index in [9.17, 15) is 18.0 Å². The third kappa shape index (κ3) is 5.07. The van der Waals surface area contributed by atoms with Gasteiger partial charge in [-0.1, -0.05) is 12.1 Å². The predicted molar refractivity (Wildman–Crippen MR) is 129 cm³/mol. The number of carbonyl (C=O) groups excluding carboxylic acids is 1. The van der Waals surface area contributed by atoms with Crippen molar-refractivity contribution < 1.29 is 18.0 Å². The van der Waals surface area contributed by atoms with Gasteiger partial charge in [-0.15, -0.1) is 0 Å². The molecule has 2 aliphatic heterocycles. The van der Waals surface area contributed by atoms with Gasteiger partial charge in [0.1, 0.15) is 23.3 Å². The first-order valence-electron chi connectivity index (χ1n) is 11.5. The van der Waals surface area contributed by atoms with E-state index in [-0.39, 0.29) is 5.56 Å². The van der Waals surface area contributed by atoms with E-state index < -0.39 is 23.4 Å². The Bertz CT molecular complexity index is 1300. The SMILES string of the molecule is CN1CCN(c2ccc(C(=O)NC3=NCc4ccc(Cc5cc(F)cc(F)c5)cc43)c(F)c2)CC1. The Morgan fingerprint density at radius 3 is 2.37 bits per heavy atom. The van der Waals surface area contributed by atoms with Gasteiger partial charge in [-0.3, -0.25) is 9.79 Å². The molecule has 1 amide bonds. The van der Waals surface area contributed by atoms with E-state index in [0.717, 1.165) is 54.6 Å². The molecule has 1 N–H and O–H groups in total. The van der Waals surface area contributed by atoms with Gasteiger partial charge in [-0.05, 0) is 66.6 Å². The third-order valence-corrected chi connectivity index (χ3v) is 6.47. The molecule has 8 heteroatoms. The molecule has 1 fully saturated rings. The van der Waals surface area contributed by atoms with Crippen LogP contribution in [0.25, 0.3) is 0 Å². The summed E-state index contributed by atoms with van der Waals surface area (Å²) >= 11 is 0. The van der Waals surface area contributed by atoms with Crippen molar-refractivity contribution in [2.75, 3.05) is 38.1 Å². The zero-order valence-corrected chi connectivity index (χ0v) is 19.3. The van der Waals surface area contributed by atoms with Crippen molar-refractivity contribution >= 4 is 17.4 Å². The van der Waals surface area contributed by atoms with Crippen molar-refractivity contribution in [1.82, 2.24) is 10.2 Å². The van der Waals surface area contributed by atoms with Crippen LogP contribution in [0.15, 0.2) is 59.6 Å². The fourth-order valence-corrected chi connectivity index (χ4v) is 4.52. The number of piperazine rings is 1. The molecule has 2 heterocycles. The summed E-state index contributed by atoms with van der Waals surface area (Å²) in [6.45, 7) is 3.81. The molecule has 0 aliphatic carbocycles. The number of likely N-dealkylation sites (N-methyl/N-ethyl adjacent to an activating group) is 1. The summed E-state index contributed by atoms with van der Waals surface area (Å²) in [5.74, 6) is -2.05. The Morgan fingerprint density at radius 2 is 1.66 bits per heavy atom. The molecular weight excluding hydrogens is 453 g/mol. The minimum Gasteiger partial charge on any atom is -0.369 e. The van der Waals surface area contributed by atoms with E-state index in [1.54, 1.807) is 6.07 Å². The van der Waals surface area contributed by atoms with Crippen molar-refractivity contribution in [2.24, 2.45) is 4.99 Å². The third-order valence-electron chi connectivity index (χ3n) is 6.47. The molecule has 3 aromatic carbocycles. The molecule has 0 atom stereocenters. The van der Waals surface area contributed by atoms with Crippen molar-refractivity contribution in [1.29, 1.82) is 0 Å². The standard InChI is InChI=1S/C27H25F3N4O/c1-33-6-8-34(9-7-33)22-4-5-23(25(30)15-22)27(35)32-26-24-13-17(2-3-19(24)16-31-26)10-18-11-20(28)14-21(29)12-18/h2-5,11-15H,6-10,16H2,1H3,(H,31,32,35). The second-order valence-electron chi connectivity index (χ2n) is 9.02. The Labute approximate surface area is 201 Å². The number of hydrogen-bond acceptors (Lipinski definition) is 4. The lowest BCUT2D eigenvalue weighted by Gasteiger charge is -2.34. The van der Waals surface area contributed by atoms with Crippen molar-refractivity contribution in [3.05, 3.63) is 99.9 Å². The average molecular weight is 479 g/mol. The van der Waals surface area contributed by atoms with E-state index in [0.29, 0.717) is 24.4 Å². The Kier molecular flexibility index (Phi) is 6.30. The Hall–Kier alpha value is -3.65. The minimum atomic E-state index is -0.628. The van der Waals surface area contributed by atoms with Crippen LogP contribution in [0.4, 0.5) is 18.9 Å². The van der Waals surface area contributed by atoms with Crippen LogP contribution in [-0.2, 0) is 13.0 Å². The summed E-state index contributed by atoms with van der Waals surface area (Å²) in [7, 11) is 2.06. The van der Waals surface area contributed by atoms with E-state index in [2.05, 4.69) is 27.2 Å². The van der Waals surface area contributed by atoms with Gasteiger partial charge in [0, 0.05) is 43.5 Å². The van der Waals surface area contributed by atoms with Crippen molar-refractivity contribution in [3.8, 4) is 0 Å². The normalized spacial score (nSPS) is 15.7. The van der Waals surface area contributed by atoms with Gasteiger partial charge >= 0.3 is 0 Å². The molecular formula is C27H25F3N4O. The number of benzene rings is 3. The van der Waals surface area contributed by atoms with Crippen LogP contribution in [0.1, 0.15) is 32.6 Å². The number of rotatable bonds is 4. The quantitative estimate of drug-likeness (QED) is 0.613. The summed E-state index contributed by atoms with van der Waals surface area (Å²) in [4.78, 5) is 21.6. The Morgan fingerprint density at radius 1 is 0.914 bits per heavy atom. The topological polar surface area (TPSA) is 47.9 Å². The number of hydrogen-bond donors (Lipinski definition) is 1. The summed E-state index contributed by atoms with van der Waals surface area (Å²) < 4.78 is 42.0. The van der Waals surface area contributed by atoms with Gasteiger partial charge in [-0.2, -0.15) is 0 Å². The van der Waals surface area contributed by atoms with Crippen LogP contribution >= 0.6 is 0 Å². The molecule has 35 heavy (non-hydrogen) atoms. The number of amides is 1. The molecule has 0 saturated carbocycles. The molecule has 2 aliphatic rings. The number of nitrogens with one attached hydrogen (secondary N) is 1. The molecule has 0 radical (unpaired) electrons.